The molecule has 0 bridgehead atoms. The Bertz CT molecular complexity index is 2170. The summed E-state index contributed by atoms with van der Waals surface area (Å²) in [5.74, 6) is 1.04. The van der Waals surface area contributed by atoms with Crippen molar-refractivity contribution >= 4 is 21.5 Å². The summed E-state index contributed by atoms with van der Waals surface area (Å²) in [7, 11) is 0. The van der Waals surface area contributed by atoms with Crippen molar-refractivity contribution in [1.82, 2.24) is 4.90 Å². The molecule has 9 rings (SSSR count). The molecule has 0 fully saturated rings. The molecule has 0 saturated carbocycles. The van der Waals surface area contributed by atoms with Crippen molar-refractivity contribution in [2.75, 3.05) is 0 Å². The van der Waals surface area contributed by atoms with Crippen LogP contribution in [-0.2, 0) is 10.8 Å². The molecule has 244 valence electrons. The van der Waals surface area contributed by atoms with Gasteiger partial charge in [0.2, 0.25) is 0 Å². The molecular weight excluding hydrogens is 658 g/mol. The SMILES string of the molecule is CC1(C)C2=CC(C)(N(C3=CCC(c4ccc5c(c4)C(C)(C)c4cc(Br)ccc4-5)C=C3)C3=CC=CC4C=CC=CC34)CC=C2c2ccccc21. The van der Waals surface area contributed by atoms with Gasteiger partial charge in [0, 0.05) is 44.5 Å². The number of hydrogen-bond acceptors (Lipinski definition) is 1. The molecular formula is C47H44BrN. The lowest BCUT2D eigenvalue weighted by Gasteiger charge is -2.48. The summed E-state index contributed by atoms with van der Waals surface area (Å²) in [6, 6.07) is 23.0. The van der Waals surface area contributed by atoms with Gasteiger partial charge in [0.1, 0.15) is 0 Å². The van der Waals surface area contributed by atoms with Gasteiger partial charge in [-0.25, -0.2) is 0 Å². The van der Waals surface area contributed by atoms with E-state index in [9.17, 15) is 0 Å². The Hall–Kier alpha value is -4.14. The van der Waals surface area contributed by atoms with Gasteiger partial charge in [0.15, 0.2) is 0 Å². The highest BCUT2D eigenvalue weighted by Crippen LogP contribution is 2.55. The monoisotopic (exact) mass is 701 g/mol. The third-order valence-electron chi connectivity index (χ3n) is 12.3. The smallest absolute Gasteiger partial charge is 0.0643 e. The zero-order valence-corrected chi connectivity index (χ0v) is 30.8. The second-order valence-electron chi connectivity index (χ2n) is 16.0. The fraction of sp³-hybridized carbons (Fsp3) is 0.277. The third kappa shape index (κ3) is 4.63. The molecule has 0 radical (unpaired) electrons. The highest BCUT2D eigenvalue weighted by atomic mass is 79.9. The van der Waals surface area contributed by atoms with E-state index in [2.05, 4.69) is 189 Å². The van der Waals surface area contributed by atoms with Crippen molar-refractivity contribution in [2.45, 2.75) is 69.7 Å². The molecule has 0 heterocycles. The van der Waals surface area contributed by atoms with Crippen LogP contribution >= 0.6 is 15.9 Å². The zero-order valence-electron chi connectivity index (χ0n) is 29.2. The van der Waals surface area contributed by atoms with Crippen LogP contribution in [0, 0.1) is 11.8 Å². The van der Waals surface area contributed by atoms with Gasteiger partial charge in [0.05, 0.1) is 5.54 Å². The number of benzene rings is 3. The van der Waals surface area contributed by atoms with Crippen LogP contribution in [-0.4, -0.2) is 10.4 Å². The molecule has 0 saturated heterocycles. The van der Waals surface area contributed by atoms with E-state index < -0.39 is 0 Å². The molecule has 0 spiro atoms. The van der Waals surface area contributed by atoms with Gasteiger partial charge in [-0.05, 0) is 94.1 Å². The Morgan fingerprint density at radius 3 is 2.29 bits per heavy atom. The standard InChI is InChI=1S/C47H44BrN/c1-45(2)40-15-9-8-14-36(40)39-25-26-47(5,29-43(39)45)49(44-16-10-12-31-11-6-7-13-35(31)44)34-21-17-30(18-22-34)32-19-23-37-38-24-20-33(48)28-42(38)46(3,4)41(37)27-32/h6-17,19-25,27-31,35H,18,26H2,1-5H3. The summed E-state index contributed by atoms with van der Waals surface area (Å²) >= 11 is 3.72. The van der Waals surface area contributed by atoms with E-state index in [4.69, 9.17) is 0 Å². The minimum Gasteiger partial charge on any atom is -0.335 e. The van der Waals surface area contributed by atoms with E-state index in [0.29, 0.717) is 17.8 Å². The van der Waals surface area contributed by atoms with Crippen molar-refractivity contribution in [3.8, 4) is 11.1 Å². The van der Waals surface area contributed by atoms with E-state index in [1.165, 1.54) is 61.5 Å². The van der Waals surface area contributed by atoms with E-state index in [1.807, 2.05) is 0 Å². The fourth-order valence-electron chi connectivity index (χ4n) is 9.64. The fourth-order valence-corrected chi connectivity index (χ4v) is 10.0. The number of allylic oxidation sites excluding steroid dienone is 12. The van der Waals surface area contributed by atoms with Crippen molar-refractivity contribution < 1.29 is 0 Å². The third-order valence-corrected chi connectivity index (χ3v) is 12.8. The molecule has 0 aliphatic heterocycles. The van der Waals surface area contributed by atoms with Crippen LogP contribution in [0.15, 0.2) is 155 Å². The average molecular weight is 703 g/mol. The lowest BCUT2D eigenvalue weighted by Crippen LogP contribution is -2.47. The molecule has 6 aliphatic carbocycles. The van der Waals surface area contributed by atoms with Gasteiger partial charge < -0.3 is 4.90 Å². The molecule has 6 aliphatic rings. The number of hydrogen-bond donors (Lipinski definition) is 0. The zero-order chi connectivity index (χ0) is 33.7. The molecule has 49 heavy (non-hydrogen) atoms. The number of halogens is 1. The van der Waals surface area contributed by atoms with Gasteiger partial charge in [-0.15, -0.1) is 0 Å². The first-order valence-corrected chi connectivity index (χ1v) is 18.8. The topological polar surface area (TPSA) is 3.24 Å². The maximum Gasteiger partial charge on any atom is 0.0643 e. The summed E-state index contributed by atoms with van der Waals surface area (Å²) < 4.78 is 1.15. The summed E-state index contributed by atoms with van der Waals surface area (Å²) in [5, 5.41) is 0. The second-order valence-corrected chi connectivity index (χ2v) is 17.0. The van der Waals surface area contributed by atoms with Crippen molar-refractivity contribution in [3.63, 3.8) is 0 Å². The van der Waals surface area contributed by atoms with Crippen LogP contribution in [0.4, 0.5) is 0 Å². The highest BCUT2D eigenvalue weighted by Gasteiger charge is 2.45. The lowest BCUT2D eigenvalue weighted by molar-refractivity contribution is 0.226. The molecule has 0 aromatic heterocycles. The Kier molecular flexibility index (Phi) is 6.89. The maximum absolute atomic E-state index is 3.72. The summed E-state index contributed by atoms with van der Waals surface area (Å²) in [5.41, 5.74) is 15.1. The van der Waals surface area contributed by atoms with E-state index in [-0.39, 0.29) is 16.4 Å². The van der Waals surface area contributed by atoms with Crippen LogP contribution in [0.3, 0.4) is 0 Å². The number of fused-ring (bicyclic) bond motifs is 7. The normalized spacial score (nSPS) is 27.6. The largest absolute Gasteiger partial charge is 0.335 e. The van der Waals surface area contributed by atoms with Crippen molar-refractivity contribution in [2.24, 2.45) is 11.8 Å². The predicted octanol–water partition coefficient (Wildman–Crippen LogP) is 12.3. The lowest BCUT2D eigenvalue weighted by atomic mass is 9.74. The first-order chi connectivity index (χ1) is 23.6. The molecule has 4 unspecified atom stereocenters. The molecule has 1 nitrogen and oxygen atoms in total. The van der Waals surface area contributed by atoms with Gasteiger partial charge in [0.25, 0.3) is 0 Å². The first kappa shape index (κ1) is 30.9. The minimum atomic E-state index is -0.213. The molecule has 3 aromatic carbocycles. The van der Waals surface area contributed by atoms with Gasteiger partial charge in [-0.1, -0.05) is 153 Å². The minimum absolute atomic E-state index is 0.0246. The molecule has 4 atom stereocenters. The highest BCUT2D eigenvalue weighted by molar-refractivity contribution is 9.10. The quantitative estimate of drug-likeness (QED) is 0.262. The molecule has 0 N–H and O–H groups in total. The van der Waals surface area contributed by atoms with E-state index in [0.717, 1.165) is 17.3 Å². The Balaban J connectivity index is 1.09. The van der Waals surface area contributed by atoms with Crippen LogP contribution in [0.1, 0.15) is 81.2 Å². The van der Waals surface area contributed by atoms with Crippen LogP contribution < -0.4 is 0 Å². The van der Waals surface area contributed by atoms with Crippen LogP contribution in [0.2, 0.25) is 0 Å². The van der Waals surface area contributed by atoms with Crippen LogP contribution in [0.5, 0.6) is 0 Å². The van der Waals surface area contributed by atoms with E-state index in [1.54, 1.807) is 0 Å². The number of rotatable bonds is 4. The van der Waals surface area contributed by atoms with Gasteiger partial charge in [-0.3, -0.25) is 0 Å². The van der Waals surface area contributed by atoms with Gasteiger partial charge in [-0.2, -0.15) is 0 Å². The van der Waals surface area contributed by atoms with Gasteiger partial charge >= 0.3 is 0 Å². The first-order valence-electron chi connectivity index (χ1n) is 18.0. The second kappa shape index (κ2) is 10.9. The van der Waals surface area contributed by atoms with Crippen molar-refractivity contribution in [3.05, 3.63) is 183 Å². The Labute approximate surface area is 300 Å². The average Bonchev–Trinajstić information content (AvgIpc) is 3.47. The van der Waals surface area contributed by atoms with E-state index >= 15 is 0 Å². The maximum atomic E-state index is 3.72. The Morgan fingerprint density at radius 1 is 0.714 bits per heavy atom. The Morgan fingerprint density at radius 2 is 1.47 bits per heavy atom. The predicted molar refractivity (Wildman–Crippen MR) is 209 cm³/mol. The summed E-state index contributed by atoms with van der Waals surface area (Å²) in [6.45, 7) is 12.0. The summed E-state index contributed by atoms with van der Waals surface area (Å²) in [4.78, 5) is 2.70. The van der Waals surface area contributed by atoms with Crippen LogP contribution in [0.25, 0.3) is 16.7 Å². The number of nitrogens with zero attached hydrogens (tertiary/aromatic N) is 1. The van der Waals surface area contributed by atoms with Crippen molar-refractivity contribution in [1.29, 1.82) is 0 Å². The molecule has 2 heteroatoms. The summed E-state index contributed by atoms with van der Waals surface area (Å²) in [6.07, 6.45) is 30.7. The molecule has 0 amide bonds. The molecule has 3 aromatic rings.